The quantitative estimate of drug-likeness (QED) is 0.763. The summed E-state index contributed by atoms with van der Waals surface area (Å²) in [6, 6.07) is 3.18. The zero-order valence-electron chi connectivity index (χ0n) is 7.69. The monoisotopic (exact) mass is 180 g/mol. The van der Waals surface area contributed by atoms with Crippen molar-refractivity contribution in [3.63, 3.8) is 0 Å². The van der Waals surface area contributed by atoms with Crippen molar-refractivity contribution in [1.82, 2.24) is 10.2 Å². The summed E-state index contributed by atoms with van der Waals surface area (Å²) in [7, 11) is 0. The highest BCUT2D eigenvalue weighted by Gasteiger charge is 2.05. The van der Waals surface area contributed by atoms with Gasteiger partial charge in [0.15, 0.2) is 5.69 Å². The number of hydrogen-bond acceptors (Lipinski definition) is 3. The molecule has 70 valence electrons. The summed E-state index contributed by atoms with van der Waals surface area (Å²) in [6.45, 7) is 4.15. The molecule has 0 amide bonds. The maximum Gasteiger partial charge on any atom is 0.356 e. The van der Waals surface area contributed by atoms with Gasteiger partial charge in [0.25, 0.3) is 0 Å². The fraction of sp³-hybridized carbons (Fsp3) is 0.444. The van der Waals surface area contributed by atoms with E-state index in [2.05, 4.69) is 24.0 Å². The zero-order chi connectivity index (χ0) is 9.84. The van der Waals surface area contributed by atoms with Gasteiger partial charge in [0, 0.05) is 0 Å². The lowest BCUT2D eigenvalue weighted by molar-refractivity contribution is 0.0689. The fourth-order valence-electron chi connectivity index (χ4n) is 1.00. The average Bonchev–Trinajstić information content (AvgIpc) is 2.04. The molecule has 0 aliphatic rings. The number of aromatic carboxylic acids is 1. The Hall–Kier alpha value is -1.45. The molecule has 0 saturated carbocycles. The Labute approximate surface area is 76.6 Å². The van der Waals surface area contributed by atoms with Gasteiger partial charge in [0.05, 0.1) is 5.69 Å². The molecule has 4 nitrogen and oxygen atoms in total. The van der Waals surface area contributed by atoms with Gasteiger partial charge in [-0.25, -0.2) is 4.79 Å². The summed E-state index contributed by atoms with van der Waals surface area (Å²) in [5.74, 6) is -0.534. The van der Waals surface area contributed by atoms with Crippen molar-refractivity contribution >= 4 is 5.97 Å². The fourth-order valence-corrected chi connectivity index (χ4v) is 1.00. The summed E-state index contributed by atoms with van der Waals surface area (Å²) >= 11 is 0. The summed E-state index contributed by atoms with van der Waals surface area (Å²) in [6.07, 6.45) is 0.826. The highest BCUT2D eigenvalue weighted by Crippen LogP contribution is 2.04. The van der Waals surface area contributed by atoms with Gasteiger partial charge in [0.1, 0.15) is 0 Å². The van der Waals surface area contributed by atoms with Gasteiger partial charge in [-0.15, -0.1) is 5.10 Å². The summed E-state index contributed by atoms with van der Waals surface area (Å²) in [5.41, 5.74) is 0.826. The molecule has 1 N–H and O–H groups in total. The van der Waals surface area contributed by atoms with E-state index in [4.69, 9.17) is 5.11 Å². The second kappa shape index (κ2) is 3.98. The highest BCUT2D eigenvalue weighted by atomic mass is 16.4. The maximum absolute atomic E-state index is 10.4. The third-order valence-electron chi connectivity index (χ3n) is 1.56. The first kappa shape index (κ1) is 9.64. The van der Waals surface area contributed by atoms with Crippen molar-refractivity contribution in [2.75, 3.05) is 0 Å². The lowest BCUT2D eigenvalue weighted by atomic mass is 10.1. The normalized spacial score (nSPS) is 10.4. The minimum atomic E-state index is -1.04. The molecular formula is C9H12N2O2. The molecule has 1 heterocycles. The Balaban J connectivity index is 2.75. The van der Waals surface area contributed by atoms with E-state index in [1.54, 1.807) is 6.07 Å². The molecule has 0 atom stereocenters. The highest BCUT2D eigenvalue weighted by molar-refractivity contribution is 5.84. The Bertz CT molecular complexity index is 293. The zero-order valence-corrected chi connectivity index (χ0v) is 7.69. The van der Waals surface area contributed by atoms with Crippen LogP contribution in [0.15, 0.2) is 12.1 Å². The Kier molecular flexibility index (Phi) is 2.95. The van der Waals surface area contributed by atoms with Gasteiger partial charge in [-0.2, -0.15) is 5.10 Å². The van der Waals surface area contributed by atoms with Crippen molar-refractivity contribution in [2.24, 2.45) is 5.92 Å². The van der Waals surface area contributed by atoms with E-state index in [9.17, 15) is 4.79 Å². The molecule has 0 aliphatic carbocycles. The van der Waals surface area contributed by atoms with Crippen molar-refractivity contribution in [3.05, 3.63) is 23.5 Å². The largest absolute Gasteiger partial charge is 0.476 e. The molecule has 0 radical (unpaired) electrons. The van der Waals surface area contributed by atoms with E-state index in [0.29, 0.717) is 5.92 Å². The predicted molar refractivity (Wildman–Crippen MR) is 47.5 cm³/mol. The SMILES string of the molecule is CC(C)Cc1ccc(C(=O)O)nn1. The number of carboxylic acid groups (broad SMARTS) is 1. The van der Waals surface area contributed by atoms with Gasteiger partial charge >= 0.3 is 5.97 Å². The first-order valence-corrected chi connectivity index (χ1v) is 4.15. The van der Waals surface area contributed by atoms with E-state index in [-0.39, 0.29) is 5.69 Å². The third kappa shape index (κ3) is 2.82. The Morgan fingerprint density at radius 2 is 2.15 bits per heavy atom. The minimum absolute atomic E-state index is 0.00694. The molecule has 0 bridgehead atoms. The topological polar surface area (TPSA) is 63.1 Å². The van der Waals surface area contributed by atoms with Crippen LogP contribution in [0.25, 0.3) is 0 Å². The lowest BCUT2D eigenvalue weighted by Crippen LogP contribution is -2.05. The van der Waals surface area contributed by atoms with E-state index in [1.807, 2.05) is 0 Å². The van der Waals surface area contributed by atoms with Crippen LogP contribution in [-0.2, 0) is 6.42 Å². The molecule has 0 unspecified atom stereocenters. The van der Waals surface area contributed by atoms with Crippen molar-refractivity contribution in [3.8, 4) is 0 Å². The molecule has 0 aromatic carbocycles. The Morgan fingerprint density at radius 1 is 1.46 bits per heavy atom. The van der Waals surface area contributed by atoms with Gasteiger partial charge < -0.3 is 5.11 Å². The molecule has 0 saturated heterocycles. The summed E-state index contributed by atoms with van der Waals surface area (Å²) in [5, 5.41) is 15.9. The number of aromatic nitrogens is 2. The molecular weight excluding hydrogens is 168 g/mol. The lowest BCUT2D eigenvalue weighted by Gasteiger charge is -2.02. The molecule has 13 heavy (non-hydrogen) atoms. The number of hydrogen-bond donors (Lipinski definition) is 1. The average molecular weight is 180 g/mol. The van der Waals surface area contributed by atoms with Crippen molar-refractivity contribution in [1.29, 1.82) is 0 Å². The van der Waals surface area contributed by atoms with Crippen molar-refractivity contribution < 1.29 is 9.90 Å². The van der Waals surface area contributed by atoms with Crippen LogP contribution in [0.4, 0.5) is 0 Å². The van der Waals surface area contributed by atoms with Crippen LogP contribution >= 0.6 is 0 Å². The van der Waals surface area contributed by atoms with Crippen LogP contribution < -0.4 is 0 Å². The van der Waals surface area contributed by atoms with Gasteiger partial charge in [0.2, 0.25) is 0 Å². The van der Waals surface area contributed by atoms with Crippen LogP contribution in [0.2, 0.25) is 0 Å². The number of rotatable bonds is 3. The molecule has 0 spiro atoms. The molecule has 1 aromatic rings. The predicted octanol–water partition coefficient (Wildman–Crippen LogP) is 1.37. The van der Waals surface area contributed by atoms with Crippen LogP contribution in [0.5, 0.6) is 0 Å². The van der Waals surface area contributed by atoms with Crippen LogP contribution in [0.1, 0.15) is 30.0 Å². The number of nitrogens with zero attached hydrogens (tertiary/aromatic N) is 2. The smallest absolute Gasteiger partial charge is 0.356 e. The maximum atomic E-state index is 10.4. The van der Waals surface area contributed by atoms with Gasteiger partial charge in [-0.1, -0.05) is 13.8 Å². The Morgan fingerprint density at radius 3 is 2.54 bits per heavy atom. The van der Waals surface area contributed by atoms with E-state index < -0.39 is 5.97 Å². The first-order chi connectivity index (χ1) is 6.09. The first-order valence-electron chi connectivity index (χ1n) is 4.15. The van der Waals surface area contributed by atoms with E-state index in [1.165, 1.54) is 6.07 Å². The third-order valence-corrected chi connectivity index (χ3v) is 1.56. The number of carboxylic acids is 1. The molecule has 4 heteroatoms. The molecule has 0 fully saturated rings. The molecule has 1 aromatic heterocycles. The second-order valence-electron chi connectivity index (χ2n) is 3.31. The van der Waals surface area contributed by atoms with E-state index >= 15 is 0 Å². The van der Waals surface area contributed by atoms with Crippen LogP contribution in [0.3, 0.4) is 0 Å². The molecule has 1 rings (SSSR count). The minimum Gasteiger partial charge on any atom is -0.476 e. The summed E-state index contributed by atoms with van der Waals surface area (Å²) < 4.78 is 0. The summed E-state index contributed by atoms with van der Waals surface area (Å²) in [4.78, 5) is 10.4. The number of carbonyl (C=O) groups is 1. The van der Waals surface area contributed by atoms with Gasteiger partial charge in [-0.3, -0.25) is 0 Å². The van der Waals surface area contributed by atoms with Crippen LogP contribution in [-0.4, -0.2) is 21.3 Å². The molecule has 0 aliphatic heterocycles. The standard InChI is InChI=1S/C9H12N2O2/c1-6(2)5-7-3-4-8(9(12)13)11-10-7/h3-4,6H,5H2,1-2H3,(H,12,13). The van der Waals surface area contributed by atoms with E-state index in [0.717, 1.165) is 12.1 Å². The second-order valence-corrected chi connectivity index (χ2v) is 3.31. The van der Waals surface area contributed by atoms with Crippen molar-refractivity contribution in [2.45, 2.75) is 20.3 Å². The van der Waals surface area contributed by atoms with Crippen LogP contribution in [0, 0.1) is 5.92 Å². The van der Waals surface area contributed by atoms with Gasteiger partial charge in [-0.05, 0) is 24.5 Å².